The summed E-state index contributed by atoms with van der Waals surface area (Å²) < 4.78 is 27.9. The summed E-state index contributed by atoms with van der Waals surface area (Å²) in [6.45, 7) is 3.01. The lowest BCUT2D eigenvalue weighted by atomic mass is 10.2. The average Bonchev–Trinajstić information content (AvgIpc) is 2.36. The van der Waals surface area contributed by atoms with E-state index in [4.69, 9.17) is 15.4 Å². The Hall–Kier alpha value is -1.80. The molecule has 0 radical (unpaired) electrons. The molecule has 1 atom stereocenters. The first-order chi connectivity index (χ1) is 9.65. The SMILES string of the molecule is CNC(=O)NC(=O)C(C)Oc1ccc(S(=O)(=O)Cl)c(C)c1. The van der Waals surface area contributed by atoms with Crippen LogP contribution >= 0.6 is 10.7 Å². The van der Waals surface area contributed by atoms with Crippen LogP contribution in [0.3, 0.4) is 0 Å². The van der Waals surface area contributed by atoms with E-state index in [2.05, 4.69) is 10.6 Å². The Kier molecular flexibility index (Phi) is 5.56. The van der Waals surface area contributed by atoms with Crippen LogP contribution in [0.2, 0.25) is 0 Å². The Morgan fingerprint density at radius 1 is 1.33 bits per heavy atom. The van der Waals surface area contributed by atoms with Crippen molar-refractivity contribution in [2.45, 2.75) is 24.8 Å². The number of imide groups is 1. The maximum absolute atomic E-state index is 11.6. The third-order valence-corrected chi connectivity index (χ3v) is 4.04. The molecule has 0 heterocycles. The van der Waals surface area contributed by atoms with Crippen molar-refractivity contribution in [1.82, 2.24) is 10.6 Å². The van der Waals surface area contributed by atoms with Gasteiger partial charge in [0.25, 0.3) is 15.0 Å². The number of rotatable bonds is 4. The second-order valence-corrected chi connectivity index (χ2v) is 6.73. The average molecular weight is 335 g/mol. The zero-order valence-corrected chi connectivity index (χ0v) is 13.2. The van der Waals surface area contributed by atoms with Crippen molar-refractivity contribution >= 4 is 31.7 Å². The summed E-state index contributed by atoms with van der Waals surface area (Å²) in [5.74, 6) is -0.336. The molecule has 3 amide bonds. The number of halogens is 1. The van der Waals surface area contributed by atoms with Gasteiger partial charge in [0.15, 0.2) is 6.10 Å². The molecule has 1 rings (SSSR count). The molecule has 0 aliphatic heterocycles. The molecule has 21 heavy (non-hydrogen) atoms. The lowest BCUT2D eigenvalue weighted by Gasteiger charge is -2.15. The third-order valence-electron chi connectivity index (χ3n) is 2.55. The van der Waals surface area contributed by atoms with E-state index < -0.39 is 27.1 Å². The lowest BCUT2D eigenvalue weighted by Crippen LogP contribution is -2.43. The van der Waals surface area contributed by atoms with Crippen molar-refractivity contribution in [3.8, 4) is 5.75 Å². The minimum Gasteiger partial charge on any atom is -0.481 e. The van der Waals surface area contributed by atoms with Gasteiger partial charge in [-0.15, -0.1) is 0 Å². The van der Waals surface area contributed by atoms with Crippen LogP contribution in [0.25, 0.3) is 0 Å². The van der Waals surface area contributed by atoms with Gasteiger partial charge in [-0.1, -0.05) is 0 Å². The molecule has 1 aromatic carbocycles. The molecule has 0 aliphatic carbocycles. The highest BCUT2D eigenvalue weighted by molar-refractivity contribution is 8.13. The molecule has 0 bridgehead atoms. The van der Waals surface area contributed by atoms with Gasteiger partial charge in [-0.25, -0.2) is 13.2 Å². The van der Waals surface area contributed by atoms with Gasteiger partial charge < -0.3 is 10.1 Å². The number of ether oxygens (including phenoxy) is 1. The standard InChI is InChI=1S/C12H15ClN2O5S/c1-7-6-9(4-5-10(7)21(13,18)19)20-8(2)11(16)15-12(17)14-3/h4-6,8H,1-3H3,(H2,14,15,16,17). The van der Waals surface area contributed by atoms with Gasteiger partial charge in [0, 0.05) is 17.7 Å². The summed E-state index contributed by atoms with van der Waals surface area (Å²) in [4.78, 5) is 22.6. The largest absolute Gasteiger partial charge is 0.481 e. The van der Waals surface area contributed by atoms with Gasteiger partial charge >= 0.3 is 6.03 Å². The molecule has 7 nitrogen and oxygen atoms in total. The highest BCUT2D eigenvalue weighted by atomic mass is 35.7. The van der Waals surface area contributed by atoms with E-state index >= 15 is 0 Å². The predicted octanol–water partition coefficient (Wildman–Crippen LogP) is 1.15. The van der Waals surface area contributed by atoms with Crippen molar-refractivity contribution in [3.63, 3.8) is 0 Å². The Morgan fingerprint density at radius 2 is 1.95 bits per heavy atom. The Morgan fingerprint density at radius 3 is 2.43 bits per heavy atom. The van der Waals surface area contributed by atoms with E-state index in [1.54, 1.807) is 6.92 Å². The second kappa shape index (κ2) is 6.77. The van der Waals surface area contributed by atoms with Crippen LogP contribution in [-0.4, -0.2) is 33.5 Å². The number of hydrogen-bond donors (Lipinski definition) is 2. The smallest absolute Gasteiger partial charge is 0.321 e. The molecule has 2 N–H and O–H groups in total. The number of amides is 3. The Labute approximate surface area is 127 Å². The fourth-order valence-electron chi connectivity index (χ4n) is 1.50. The summed E-state index contributed by atoms with van der Waals surface area (Å²) in [6.07, 6.45) is -0.930. The van der Waals surface area contributed by atoms with Crippen molar-refractivity contribution in [2.24, 2.45) is 0 Å². The maximum Gasteiger partial charge on any atom is 0.321 e. The second-order valence-electron chi connectivity index (χ2n) is 4.19. The van der Waals surface area contributed by atoms with Crippen molar-refractivity contribution < 1.29 is 22.7 Å². The Balaban J connectivity index is 2.83. The summed E-state index contributed by atoms with van der Waals surface area (Å²) in [7, 11) is 2.82. The Bertz CT molecular complexity index is 660. The fraction of sp³-hybridized carbons (Fsp3) is 0.333. The molecule has 0 aliphatic rings. The number of carbonyl (C=O) groups is 2. The molecule has 1 unspecified atom stereocenters. The number of hydrogen-bond acceptors (Lipinski definition) is 5. The summed E-state index contributed by atoms with van der Waals surface area (Å²) in [6, 6.07) is 3.47. The summed E-state index contributed by atoms with van der Waals surface area (Å²) >= 11 is 0. The van der Waals surface area contributed by atoms with Gasteiger partial charge in [-0.3, -0.25) is 10.1 Å². The van der Waals surface area contributed by atoms with E-state index in [1.807, 2.05) is 0 Å². The van der Waals surface area contributed by atoms with Crippen LogP contribution in [0.4, 0.5) is 4.79 Å². The van der Waals surface area contributed by atoms with Crippen molar-refractivity contribution in [3.05, 3.63) is 23.8 Å². The molecular weight excluding hydrogens is 320 g/mol. The maximum atomic E-state index is 11.6. The molecule has 0 saturated carbocycles. The molecule has 9 heteroatoms. The lowest BCUT2D eigenvalue weighted by molar-refractivity contribution is -0.126. The first kappa shape index (κ1) is 17.3. The highest BCUT2D eigenvalue weighted by Crippen LogP contribution is 2.24. The van der Waals surface area contributed by atoms with Crippen LogP contribution in [0.15, 0.2) is 23.1 Å². The van der Waals surface area contributed by atoms with Crippen LogP contribution in [0.5, 0.6) is 5.75 Å². The summed E-state index contributed by atoms with van der Waals surface area (Å²) in [5.41, 5.74) is 0.390. The molecule has 0 saturated heterocycles. The van der Waals surface area contributed by atoms with Crippen LogP contribution in [0, 0.1) is 6.92 Å². The first-order valence-electron chi connectivity index (χ1n) is 5.89. The molecule has 0 fully saturated rings. The topological polar surface area (TPSA) is 102 Å². The van der Waals surface area contributed by atoms with E-state index in [1.165, 1.54) is 32.2 Å². The quantitative estimate of drug-likeness (QED) is 0.804. The molecule has 1 aromatic rings. The zero-order valence-electron chi connectivity index (χ0n) is 11.6. The van der Waals surface area contributed by atoms with Gasteiger partial charge in [-0.05, 0) is 37.6 Å². The van der Waals surface area contributed by atoms with Gasteiger partial charge in [-0.2, -0.15) is 0 Å². The molecule has 0 spiro atoms. The fourth-order valence-corrected chi connectivity index (χ4v) is 2.70. The number of carbonyl (C=O) groups excluding carboxylic acids is 2. The third kappa shape index (κ3) is 4.91. The monoisotopic (exact) mass is 334 g/mol. The van der Waals surface area contributed by atoms with Gasteiger partial charge in [0.05, 0.1) is 4.90 Å². The number of aryl methyl sites for hydroxylation is 1. The normalized spacial score (nSPS) is 12.4. The minimum absolute atomic E-state index is 0.0287. The summed E-state index contributed by atoms with van der Waals surface area (Å²) in [5, 5.41) is 4.31. The van der Waals surface area contributed by atoms with Crippen molar-refractivity contribution in [2.75, 3.05) is 7.05 Å². The molecular formula is C12H15ClN2O5S. The van der Waals surface area contributed by atoms with E-state index in [0.717, 1.165) is 0 Å². The predicted molar refractivity (Wildman–Crippen MR) is 76.9 cm³/mol. The number of nitrogens with one attached hydrogen (secondary N) is 2. The van der Waals surface area contributed by atoms with E-state index in [9.17, 15) is 18.0 Å². The minimum atomic E-state index is -3.83. The van der Waals surface area contributed by atoms with Gasteiger partial charge in [0.2, 0.25) is 0 Å². The zero-order chi connectivity index (χ0) is 16.2. The van der Waals surface area contributed by atoms with E-state index in [-0.39, 0.29) is 10.6 Å². The number of benzene rings is 1. The molecule has 0 aromatic heterocycles. The molecule has 116 valence electrons. The van der Waals surface area contributed by atoms with E-state index in [0.29, 0.717) is 5.56 Å². The van der Waals surface area contributed by atoms with Crippen LogP contribution in [-0.2, 0) is 13.8 Å². The van der Waals surface area contributed by atoms with Crippen molar-refractivity contribution in [1.29, 1.82) is 0 Å². The highest BCUT2D eigenvalue weighted by Gasteiger charge is 2.18. The van der Waals surface area contributed by atoms with Crippen LogP contribution < -0.4 is 15.4 Å². The first-order valence-corrected chi connectivity index (χ1v) is 8.20. The van der Waals surface area contributed by atoms with Crippen LogP contribution in [0.1, 0.15) is 12.5 Å². The van der Waals surface area contributed by atoms with Gasteiger partial charge in [0.1, 0.15) is 5.75 Å². The number of urea groups is 1.